The molecule has 0 rings (SSSR count). The van der Waals surface area contributed by atoms with E-state index in [1.54, 1.807) is 7.11 Å². The average Bonchev–Trinajstić information content (AvgIpc) is 2.31. The van der Waals surface area contributed by atoms with Crippen LogP contribution in [0.25, 0.3) is 0 Å². The van der Waals surface area contributed by atoms with Gasteiger partial charge >= 0.3 is 0 Å². The Morgan fingerprint density at radius 3 is 2.53 bits per heavy atom. The van der Waals surface area contributed by atoms with Crippen molar-refractivity contribution in [2.45, 2.75) is 33.2 Å². The van der Waals surface area contributed by atoms with E-state index in [0.29, 0.717) is 6.04 Å². The quantitative estimate of drug-likeness (QED) is 0.482. The van der Waals surface area contributed by atoms with Crippen LogP contribution in [-0.2, 0) is 4.74 Å². The van der Waals surface area contributed by atoms with Gasteiger partial charge in [-0.2, -0.15) is 0 Å². The van der Waals surface area contributed by atoms with E-state index in [-0.39, 0.29) is 0 Å². The maximum Gasteiger partial charge on any atom is 0.166 e. The molecule has 0 spiro atoms. The van der Waals surface area contributed by atoms with Crippen LogP contribution in [0.3, 0.4) is 0 Å². The third-order valence-corrected chi connectivity index (χ3v) is 2.88. The molecule has 0 aromatic rings. The molecule has 0 saturated heterocycles. The van der Waals surface area contributed by atoms with E-state index in [1.165, 1.54) is 0 Å². The molecule has 0 radical (unpaired) electrons. The summed E-state index contributed by atoms with van der Waals surface area (Å²) in [6.45, 7) is 11.3. The molecule has 4 nitrogen and oxygen atoms in total. The highest BCUT2D eigenvalue weighted by Gasteiger charge is 2.07. The van der Waals surface area contributed by atoms with Crippen molar-refractivity contribution in [3.8, 4) is 0 Å². The summed E-state index contributed by atoms with van der Waals surface area (Å²) in [6, 6.07) is 0.373. The van der Waals surface area contributed by atoms with Crippen LogP contribution in [0.15, 0.2) is 0 Å². The SMILES string of the molecule is CCN(CC)CC(C)NC(=S)NCCCOC. The molecule has 0 amide bonds. The minimum Gasteiger partial charge on any atom is -0.385 e. The second-order valence-corrected chi connectivity index (χ2v) is 4.54. The first-order valence-electron chi connectivity index (χ1n) is 6.39. The van der Waals surface area contributed by atoms with Crippen molar-refractivity contribution in [2.24, 2.45) is 0 Å². The Labute approximate surface area is 111 Å². The monoisotopic (exact) mass is 261 g/mol. The van der Waals surface area contributed by atoms with Crippen LogP contribution >= 0.6 is 12.2 Å². The van der Waals surface area contributed by atoms with Gasteiger partial charge in [0.25, 0.3) is 0 Å². The van der Waals surface area contributed by atoms with E-state index in [1.807, 2.05) is 0 Å². The molecular weight excluding hydrogens is 234 g/mol. The molecule has 1 atom stereocenters. The number of hydrogen-bond donors (Lipinski definition) is 2. The van der Waals surface area contributed by atoms with E-state index >= 15 is 0 Å². The Morgan fingerprint density at radius 1 is 1.35 bits per heavy atom. The number of likely N-dealkylation sites (N-methyl/N-ethyl adjacent to an activating group) is 1. The minimum absolute atomic E-state index is 0.373. The van der Waals surface area contributed by atoms with Gasteiger partial charge in [0, 0.05) is 32.8 Å². The van der Waals surface area contributed by atoms with Gasteiger partial charge in [-0.3, -0.25) is 0 Å². The number of rotatable bonds is 9. The van der Waals surface area contributed by atoms with E-state index in [2.05, 4.69) is 36.3 Å². The number of methoxy groups -OCH3 is 1. The lowest BCUT2D eigenvalue weighted by Gasteiger charge is -2.24. The number of nitrogens with zero attached hydrogens (tertiary/aromatic N) is 1. The van der Waals surface area contributed by atoms with Gasteiger partial charge in [-0.25, -0.2) is 0 Å². The standard InChI is InChI=1S/C12H27N3OS/c1-5-15(6-2)10-11(3)14-12(17)13-8-7-9-16-4/h11H,5-10H2,1-4H3,(H2,13,14,17). The third kappa shape index (κ3) is 9.32. The summed E-state index contributed by atoms with van der Waals surface area (Å²) in [7, 11) is 1.71. The topological polar surface area (TPSA) is 36.5 Å². The maximum atomic E-state index is 5.22. The number of hydrogen-bond acceptors (Lipinski definition) is 3. The number of ether oxygens (including phenoxy) is 1. The van der Waals surface area contributed by atoms with Crippen LogP contribution in [0.2, 0.25) is 0 Å². The molecule has 0 aromatic heterocycles. The molecule has 0 bridgehead atoms. The lowest BCUT2D eigenvalue weighted by molar-refractivity contribution is 0.195. The van der Waals surface area contributed by atoms with E-state index < -0.39 is 0 Å². The lowest BCUT2D eigenvalue weighted by Crippen LogP contribution is -2.46. The summed E-state index contributed by atoms with van der Waals surface area (Å²) in [5.41, 5.74) is 0. The Balaban J connectivity index is 3.64. The molecule has 2 N–H and O–H groups in total. The van der Waals surface area contributed by atoms with E-state index in [4.69, 9.17) is 17.0 Å². The van der Waals surface area contributed by atoms with E-state index in [9.17, 15) is 0 Å². The highest BCUT2D eigenvalue weighted by molar-refractivity contribution is 7.80. The van der Waals surface area contributed by atoms with Gasteiger partial charge in [-0.1, -0.05) is 13.8 Å². The highest BCUT2D eigenvalue weighted by atomic mass is 32.1. The smallest absolute Gasteiger partial charge is 0.166 e. The van der Waals surface area contributed by atoms with Crippen LogP contribution in [0.4, 0.5) is 0 Å². The van der Waals surface area contributed by atoms with Gasteiger partial charge in [0.15, 0.2) is 5.11 Å². The maximum absolute atomic E-state index is 5.22. The predicted molar refractivity (Wildman–Crippen MR) is 77.5 cm³/mol. The molecule has 0 fully saturated rings. The number of thiocarbonyl (C=S) groups is 1. The molecule has 0 aliphatic carbocycles. The summed E-state index contributed by atoms with van der Waals surface area (Å²) < 4.78 is 4.98. The molecule has 1 unspecified atom stereocenters. The van der Waals surface area contributed by atoms with Crippen molar-refractivity contribution in [3.63, 3.8) is 0 Å². The van der Waals surface area contributed by atoms with Gasteiger partial charge in [0.2, 0.25) is 0 Å². The Bertz CT molecular complexity index is 198. The summed E-state index contributed by atoms with van der Waals surface area (Å²) in [5, 5.41) is 7.21. The Morgan fingerprint density at radius 2 is 2.00 bits per heavy atom. The fraction of sp³-hybridized carbons (Fsp3) is 0.917. The molecule has 0 heterocycles. The van der Waals surface area contributed by atoms with Crippen molar-refractivity contribution in [3.05, 3.63) is 0 Å². The molecule has 102 valence electrons. The first kappa shape index (κ1) is 16.6. The Hall–Kier alpha value is -0.390. The van der Waals surface area contributed by atoms with Gasteiger partial charge in [0.1, 0.15) is 0 Å². The summed E-state index contributed by atoms with van der Waals surface area (Å²) in [6.07, 6.45) is 0.975. The van der Waals surface area contributed by atoms with Crippen molar-refractivity contribution < 1.29 is 4.74 Å². The Kier molecular flexibility index (Phi) is 10.5. The molecule has 0 saturated carbocycles. The summed E-state index contributed by atoms with van der Waals surface area (Å²) in [4.78, 5) is 2.38. The van der Waals surface area contributed by atoms with Crippen LogP contribution in [0.1, 0.15) is 27.2 Å². The van der Waals surface area contributed by atoms with Gasteiger partial charge < -0.3 is 20.3 Å². The largest absolute Gasteiger partial charge is 0.385 e. The molecule has 5 heteroatoms. The van der Waals surface area contributed by atoms with Crippen molar-refractivity contribution in [2.75, 3.05) is 39.9 Å². The zero-order chi connectivity index (χ0) is 13.1. The van der Waals surface area contributed by atoms with Crippen molar-refractivity contribution >= 4 is 17.3 Å². The number of nitrogens with one attached hydrogen (secondary N) is 2. The highest BCUT2D eigenvalue weighted by Crippen LogP contribution is 1.91. The third-order valence-electron chi connectivity index (χ3n) is 2.61. The van der Waals surface area contributed by atoms with Crippen LogP contribution in [-0.4, -0.2) is 55.9 Å². The zero-order valence-corrected chi connectivity index (χ0v) is 12.4. The van der Waals surface area contributed by atoms with E-state index in [0.717, 1.165) is 44.3 Å². The molecule has 0 aliphatic rings. The summed E-state index contributed by atoms with van der Waals surface area (Å²) >= 11 is 5.22. The minimum atomic E-state index is 0.373. The van der Waals surface area contributed by atoms with Crippen LogP contribution < -0.4 is 10.6 Å². The normalized spacial score (nSPS) is 12.5. The van der Waals surface area contributed by atoms with Crippen molar-refractivity contribution in [1.29, 1.82) is 0 Å². The lowest BCUT2D eigenvalue weighted by atomic mass is 10.3. The van der Waals surface area contributed by atoms with Gasteiger partial charge in [0.05, 0.1) is 0 Å². The van der Waals surface area contributed by atoms with Crippen molar-refractivity contribution in [1.82, 2.24) is 15.5 Å². The molecule has 0 aromatic carbocycles. The fourth-order valence-electron chi connectivity index (χ4n) is 1.61. The second-order valence-electron chi connectivity index (χ2n) is 4.13. The summed E-state index contributed by atoms with van der Waals surface area (Å²) in [5.74, 6) is 0. The predicted octanol–water partition coefficient (Wildman–Crippen LogP) is 1.22. The van der Waals surface area contributed by atoms with Crippen LogP contribution in [0.5, 0.6) is 0 Å². The average molecular weight is 261 g/mol. The zero-order valence-electron chi connectivity index (χ0n) is 11.6. The van der Waals surface area contributed by atoms with Gasteiger partial charge in [-0.15, -0.1) is 0 Å². The second kappa shape index (κ2) is 10.7. The van der Waals surface area contributed by atoms with Crippen LogP contribution in [0, 0.1) is 0 Å². The first-order valence-corrected chi connectivity index (χ1v) is 6.80. The molecular formula is C12H27N3OS. The first-order chi connectivity index (χ1) is 8.13. The molecule has 0 aliphatic heterocycles. The fourth-order valence-corrected chi connectivity index (χ4v) is 1.91. The van der Waals surface area contributed by atoms with Gasteiger partial charge in [-0.05, 0) is 38.7 Å². The molecule has 17 heavy (non-hydrogen) atoms.